The summed E-state index contributed by atoms with van der Waals surface area (Å²) in [6, 6.07) is 0. The van der Waals surface area contributed by atoms with E-state index in [0.29, 0.717) is 5.11 Å². The summed E-state index contributed by atoms with van der Waals surface area (Å²) in [5.74, 6) is 0. The lowest BCUT2D eigenvalue weighted by Gasteiger charge is -2.18. The van der Waals surface area contributed by atoms with Crippen LogP contribution in [0.1, 0.15) is 6.42 Å². The molecule has 6 heteroatoms. The molecule has 0 saturated carbocycles. The van der Waals surface area contributed by atoms with Gasteiger partial charge in [-0.1, -0.05) is 0 Å². The summed E-state index contributed by atoms with van der Waals surface area (Å²) in [6.07, 6.45) is 1.14. The Bertz CT molecular complexity index is 126. The molecule has 1 fully saturated rings. The summed E-state index contributed by atoms with van der Waals surface area (Å²) >= 11 is 4.85. The molecule has 1 saturated heterocycles. The van der Waals surface area contributed by atoms with Crippen molar-refractivity contribution in [3.8, 4) is 0 Å². The zero-order valence-electron chi connectivity index (χ0n) is 6.78. The van der Waals surface area contributed by atoms with Crippen molar-refractivity contribution < 1.29 is 0 Å². The fourth-order valence-corrected chi connectivity index (χ4v) is 1.25. The summed E-state index contributed by atoms with van der Waals surface area (Å²) in [5, 5.41) is 3.81. The maximum atomic E-state index is 5.47. The molecular weight excluding hydrogens is 217 g/mol. The predicted molar refractivity (Wildman–Crippen MR) is 60.3 cm³/mol. The molecule has 0 unspecified atom stereocenters. The Hall–Kier alpha value is 0.230. The molecule has 0 radical (unpaired) electrons. The van der Waals surface area contributed by atoms with Gasteiger partial charge in [0.15, 0.2) is 5.11 Å². The van der Waals surface area contributed by atoms with Gasteiger partial charge in [-0.2, -0.15) is 0 Å². The molecule has 12 heavy (non-hydrogen) atoms. The van der Waals surface area contributed by atoms with Crippen molar-refractivity contribution in [3.05, 3.63) is 0 Å². The molecule has 0 atom stereocenters. The molecule has 1 heterocycles. The Morgan fingerprint density at radius 2 is 1.92 bits per heavy atom. The molecule has 0 aromatic heterocycles. The average molecular weight is 232 g/mol. The van der Waals surface area contributed by atoms with Gasteiger partial charge in [-0.05, 0) is 25.2 Å². The highest BCUT2D eigenvalue weighted by Crippen LogP contribution is 1.93. The van der Waals surface area contributed by atoms with Gasteiger partial charge in [0.1, 0.15) is 0 Å². The third-order valence-corrected chi connectivity index (χ3v) is 1.91. The molecule has 1 aliphatic heterocycles. The Morgan fingerprint density at radius 3 is 2.50 bits per heavy atom. The van der Waals surface area contributed by atoms with Gasteiger partial charge in [-0.25, -0.2) is 0 Å². The molecule has 0 aromatic carbocycles. The number of rotatable bonds is 0. The molecule has 0 aromatic rings. The average Bonchev–Trinajstić information content (AvgIpc) is 2.12. The van der Waals surface area contributed by atoms with Crippen molar-refractivity contribution >= 4 is 42.1 Å². The standard InChI is InChI=1S/C6H13N3S.2ClH/c7-6(10)9-4-1-2-8-3-5-9;;/h8H,1-5H2,(H2,7,10);2*1H. The van der Waals surface area contributed by atoms with E-state index in [0.717, 1.165) is 32.6 Å². The van der Waals surface area contributed by atoms with E-state index >= 15 is 0 Å². The zero-order chi connectivity index (χ0) is 7.40. The lowest BCUT2D eigenvalue weighted by Crippen LogP contribution is -2.37. The normalized spacial score (nSPS) is 16.8. The van der Waals surface area contributed by atoms with Crippen molar-refractivity contribution in [2.24, 2.45) is 5.73 Å². The van der Waals surface area contributed by atoms with Crippen molar-refractivity contribution in [1.29, 1.82) is 0 Å². The van der Waals surface area contributed by atoms with Crippen LogP contribution in [-0.4, -0.2) is 36.2 Å². The van der Waals surface area contributed by atoms with Gasteiger partial charge < -0.3 is 16.0 Å². The van der Waals surface area contributed by atoms with Gasteiger partial charge in [-0.3, -0.25) is 0 Å². The van der Waals surface area contributed by atoms with E-state index in [1.165, 1.54) is 0 Å². The van der Waals surface area contributed by atoms with Crippen LogP contribution in [0.3, 0.4) is 0 Å². The summed E-state index contributed by atoms with van der Waals surface area (Å²) in [6.45, 7) is 4.04. The fraction of sp³-hybridized carbons (Fsp3) is 0.833. The van der Waals surface area contributed by atoms with Crippen molar-refractivity contribution in [3.63, 3.8) is 0 Å². The van der Waals surface area contributed by atoms with Gasteiger partial charge >= 0.3 is 0 Å². The second-order valence-corrected chi connectivity index (χ2v) is 2.85. The lowest BCUT2D eigenvalue weighted by molar-refractivity contribution is 0.450. The number of thiocarbonyl (C=S) groups is 1. The maximum absolute atomic E-state index is 5.47. The number of nitrogens with two attached hydrogens (primary N) is 1. The number of nitrogens with one attached hydrogen (secondary N) is 1. The highest BCUT2D eigenvalue weighted by atomic mass is 35.5. The molecule has 1 rings (SSSR count). The Morgan fingerprint density at radius 1 is 1.25 bits per heavy atom. The van der Waals surface area contributed by atoms with E-state index in [2.05, 4.69) is 5.32 Å². The van der Waals surface area contributed by atoms with E-state index in [4.69, 9.17) is 18.0 Å². The van der Waals surface area contributed by atoms with E-state index in [9.17, 15) is 0 Å². The van der Waals surface area contributed by atoms with E-state index in [-0.39, 0.29) is 24.8 Å². The van der Waals surface area contributed by atoms with Crippen molar-refractivity contribution in [1.82, 2.24) is 10.2 Å². The van der Waals surface area contributed by atoms with Crippen LogP contribution in [0.4, 0.5) is 0 Å². The zero-order valence-corrected chi connectivity index (χ0v) is 9.23. The topological polar surface area (TPSA) is 41.3 Å². The highest BCUT2D eigenvalue weighted by molar-refractivity contribution is 7.80. The molecule has 0 amide bonds. The minimum absolute atomic E-state index is 0. The third kappa shape index (κ3) is 4.98. The van der Waals surface area contributed by atoms with Crippen LogP contribution in [-0.2, 0) is 0 Å². The SMILES string of the molecule is Cl.Cl.NC(=S)N1CCCNCC1. The lowest BCUT2D eigenvalue weighted by atomic mass is 10.4. The molecule has 0 bridgehead atoms. The number of nitrogens with zero attached hydrogens (tertiary/aromatic N) is 1. The Labute approximate surface area is 90.9 Å². The van der Waals surface area contributed by atoms with Crippen LogP contribution in [0.15, 0.2) is 0 Å². The number of hydrogen-bond acceptors (Lipinski definition) is 2. The summed E-state index contributed by atoms with van der Waals surface area (Å²) in [4.78, 5) is 2.04. The quantitative estimate of drug-likeness (QED) is 0.592. The van der Waals surface area contributed by atoms with E-state index in [1.54, 1.807) is 0 Å². The van der Waals surface area contributed by atoms with Crippen molar-refractivity contribution in [2.75, 3.05) is 26.2 Å². The minimum Gasteiger partial charge on any atom is -0.376 e. The van der Waals surface area contributed by atoms with Crippen LogP contribution in [0.25, 0.3) is 0 Å². The van der Waals surface area contributed by atoms with Crippen LogP contribution in [0, 0.1) is 0 Å². The smallest absolute Gasteiger partial charge is 0.166 e. The van der Waals surface area contributed by atoms with Gasteiger partial charge in [0.2, 0.25) is 0 Å². The number of hydrogen-bond donors (Lipinski definition) is 2. The Kier molecular flexibility index (Phi) is 9.65. The molecule has 0 aliphatic carbocycles. The predicted octanol–water partition coefficient (Wildman–Crippen LogP) is 0.369. The first-order valence-corrected chi connectivity index (χ1v) is 3.96. The summed E-state index contributed by atoms with van der Waals surface area (Å²) in [5.41, 5.74) is 5.47. The minimum atomic E-state index is 0. The molecule has 0 spiro atoms. The molecular formula is C6H15Cl2N3S. The Balaban J connectivity index is 0. The van der Waals surface area contributed by atoms with E-state index in [1.807, 2.05) is 4.90 Å². The third-order valence-electron chi connectivity index (χ3n) is 1.65. The second-order valence-electron chi connectivity index (χ2n) is 2.43. The van der Waals surface area contributed by atoms with Crippen molar-refractivity contribution in [2.45, 2.75) is 6.42 Å². The van der Waals surface area contributed by atoms with Gasteiger partial charge in [0, 0.05) is 19.6 Å². The van der Waals surface area contributed by atoms with Gasteiger partial charge in [-0.15, -0.1) is 24.8 Å². The van der Waals surface area contributed by atoms with E-state index < -0.39 is 0 Å². The monoisotopic (exact) mass is 231 g/mol. The maximum Gasteiger partial charge on any atom is 0.166 e. The second kappa shape index (κ2) is 7.86. The van der Waals surface area contributed by atoms with Crippen LogP contribution in [0.5, 0.6) is 0 Å². The first-order chi connectivity index (χ1) is 4.80. The molecule has 3 N–H and O–H groups in total. The fourth-order valence-electron chi connectivity index (χ4n) is 1.07. The van der Waals surface area contributed by atoms with Gasteiger partial charge in [0.25, 0.3) is 0 Å². The van der Waals surface area contributed by atoms with Crippen LogP contribution >= 0.6 is 37.0 Å². The molecule has 1 aliphatic rings. The van der Waals surface area contributed by atoms with Gasteiger partial charge in [0.05, 0.1) is 0 Å². The van der Waals surface area contributed by atoms with Crippen LogP contribution < -0.4 is 11.1 Å². The molecule has 3 nitrogen and oxygen atoms in total. The summed E-state index contributed by atoms with van der Waals surface area (Å²) < 4.78 is 0. The molecule has 74 valence electrons. The van der Waals surface area contributed by atoms with Crippen LogP contribution in [0.2, 0.25) is 0 Å². The summed E-state index contributed by atoms with van der Waals surface area (Å²) in [7, 11) is 0. The highest BCUT2D eigenvalue weighted by Gasteiger charge is 2.07. The first kappa shape index (κ1) is 14.7. The first-order valence-electron chi connectivity index (χ1n) is 3.56. The largest absolute Gasteiger partial charge is 0.376 e. The number of halogens is 2.